The number of rotatable bonds is 3. The lowest BCUT2D eigenvalue weighted by Crippen LogP contribution is -2.42. The summed E-state index contributed by atoms with van der Waals surface area (Å²) in [6, 6.07) is 7.32. The molecule has 1 N–H and O–H groups in total. The molecule has 2 heterocycles. The first-order valence-electron chi connectivity index (χ1n) is 11.3. The Hall–Kier alpha value is -4.35. The minimum Gasteiger partial charge on any atom is -0.449 e. The maximum atomic E-state index is 13.6. The average Bonchev–Trinajstić information content (AvgIpc) is 3.26. The summed E-state index contributed by atoms with van der Waals surface area (Å²) < 4.78 is 47.2. The van der Waals surface area contributed by atoms with Crippen LogP contribution in [0.25, 0.3) is 5.69 Å². The van der Waals surface area contributed by atoms with E-state index in [4.69, 9.17) is 5.11 Å². The van der Waals surface area contributed by atoms with Crippen LogP contribution in [0.1, 0.15) is 41.1 Å². The summed E-state index contributed by atoms with van der Waals surface area (Å²) in [6.45, 7) is 0. The minimum atomic E-state index is -4.61. The van der Waals surface area contributed by atoms with Crippen molar-refractivity contribution in [3.05, 3.63) is 85.7 Å². The molecular formula is C25H20F3N3O6. The molecule has 1 aromatic heterocycles. The highest BCUT2D eigenvalue weighted by atomic mass is 19.4. The number of ether oxygens (including phenoxy) is 1. The van der Waals surface area contributed by atoms with Gasteiger partial charge in [-0.05, 0) is 60.2 Å². The molecule has 1 atom stereocenters. The minimum absolute atomic E-state index is 0.0103. The number of hydrogen-bond acceptors (Lipinski definition) is 5. The Balaban J connectivity index is 1.70. The van der Waals surface area contributed by atoms with Crippen LogP contribution < -0.4 is 20.9 Å². The van der Waals surface area contributed by atoms with Crippen LogP contribution >= 0.6 is 0 Å². The standard InChI is InChI=1S/C25H20F3N3O6/c1-29-18-8-6-14(11-13(18)5-10-21(29)32)30-12-20(37-24(35)36)22(33)31(23(30)34)19-9-7-15-16(19)3-2-4-17(15)25(26,27)28/h2-4,6,8,11-12,19H,5,7,9-10H2,1H3,(H,35,36)/t19-/m1/s1. The number of alkyl halides is 3. The second-order valence-corrected chi connectivity index (χ2v) is 8.88. The predicted octanol–water partition coefficient (Wildman–Crippen LogP) is 3.52. The van der Waals surface area contributed by atoms with E-state index in [0.717, 1.165) is 27.0 Å². The first-order chi connectivity index (χ1) is 17.5. The van der Waals surface area contributed by atoms with E-state index in [2.05, 4.69) is 4.74 Å². The highest BCUT2D eigenvalue weighted by Gasteiger charge is 2.38. The van der Waals surface area contributed by atoms with E-state index in [0.29, 0.717) is 12.1 Å². The molecule has 2 aromatic carbocycles. The molecule has 0 spiro atoms. The number of aryl methyl sites for hydroxylation is 1. The molecule has 5 rings (SSSR count). The highest BCUT2D eigenvalue weighted by Crippen LogP contribution is 2.41. The van der Waals surface area contributed by atoms with Crippen molar-refractivity contribution < 1.29 is 32.6 Å². The summed E-state index contributed by atoms with van der Waals surface area (Å²) in [7, 11) is 1.62. The van der Waals surface area contributed by atoms with Crippen molar-refractivity contribution in [1.29, 1.82) is 0 Å². The number of aromatic nitrogens is 2. The second-order valence-electron chi connectivity index (χ2n) is 8.88. The smallest absolute Gasteiger partial charge is 0.449 e. The molecule has 2 aliphatic rings. The fraction of sp³-hybridized carbons (Fsp3) is 0.280. The number of hydrogen-bond donors (Lipinski definition) is 1. The van der Waals surface area contributed by atoms with Gasteiger partial charge in [-0.1, -0.05) is 12.1 Å². The molecule has 1 aliphatic heterocycles. The Labute approximate surface area is 206 Å². The summed E-state index contributed by atoms with van der Waals surface area (Å²) in [5.41, 5.74) is -0.938. The number of anilines is 1. The van der Waals surface area contributed by atoms with Crippen molar-refractivity contribution in [2.45, 2.75) is 37.9 Å². The van der Waals surface area contributed by atoms with Gasteiger partial charge in [-0.25, -0.2) is 14.2 Å². The normalized spacial score (nSPS) is 16.9. The molecule has 1 aliphatic carbocycles. The van der Waals surface area contributed by atoms with Crippen LogP contribution in [-0.4, -0.2) is 33.4 Å². The summed E-state index contributed by atoms with van der Waals surface area (Å²) in [4.78, 5) is 51.6. The number of carbonyl (C=O) groups excluding carboxylic acids is 1. The molecule has 0 bridgehead atoms. The van der Waals surface area contributed by atoms with Crippen molar-refractivity contribution in [3.8, 4) is 11.4 Å². The number of nitrogens with zero attached hydrogens (tertiary/aromatic N) is 3. The van der Waals surface area contributed by atoms with Crippen molar-refractivity contribution in [1.82, 2.24) is 9.13 Å². The lowest BCUT2D eigenvalue weighted by molar-refractivity contribution is -0.138. The fourth-order valence-corrected chi connectivity index (χ4v) is 5.13. The van der Waals surface area contributed by atoms with E-state index in [1.807, 2.05) is 0 Å². The number of carboxylic acid groups (broad SMARTS) is 1. The number of amides is 1. The van der Waals surface area contributed by atoms with E-state index in [1.165, 1.54) is 23.1 Å². The molecule has 9 nitrogen and oxygen atoms in total. The first-order valence-corrected chi connectivity index (χ1v) is 11.3. The summed E-state index contributed by atoms with van der Waals surface area (Å²) in [6.07, 6.45) is -4.76. The topological polar surface area (TPSA) is 111 Å². The number of benzene rings is 2. The third kappa shape index (κ3) is 4.07. The van der Waals surface area contributed by atoms with Gasteiger partial charge in [0.1, 0.15) is 0 Å². The summed E-state index contributed by atoms with van der Waals surface area (Å²) in [5, 5.41) is 9.15. The van der Waals surface area contributed by atoms with Crippen LogP contribution in [-0.2, 0) is 23.8 Å². The predicted molar refractivity (Wildman–Crippen MR) is 125 cm³/mol. The number of fused-ring (bicyclic) bond motifs is 2. The van der Waals surface area contributed by atoms with Crippen LogP contribution in [0.2, 0.25) is 0 Å². The van der Waals surface area contributed by atoms with Gasteiger partial charge in [-0.15, -0.1) is 0 Å². The summed E-state index contributed by atoms with van der Waals surface area (Å²) >= 11 is 0. The molecule has 0 saturated heterocycles. The van der Waals surface area contributed by atoms with Crippen molar-refractivity contribution in [2.75, 3.05) is 11.9 Å². The van der Waals surface area contributed by atoms with Gasteiger partial charge in [0.05, 0.1) is 23.5 Å². The van der Waals surface area contributed by atoms with Gasteiger partial charge < -0.3 is 14.7 Å². The van der Waals surface area contributed by atoms with E-state index < -0.39 is 40.9 Å². The quantitative estimate of drug-likeness (QED) is 0.535. The summed E-state index contributed by atoms with van der Waals surface area (Å²) in [5.74, 6) is -0.737. The zero-order chi connectivity index (χ0) is 26.6. The first kappa shape index (κ1) is 24.3. The fourth-order valence-electron chi connectivity index (χ4n) is 5.13. The van der Waals surface area contributed by atoms with Gasteiger partial charge in [0.25, 0.3) is 5.56 Å². The third-order valence-corrected chi connectivity index (χ3v) is 6.83. The largest absolute Gasteiger partial charge is 0.511 e. The van der Waals surface area contributed by atoms with Gasteiger partial charge in [0.15, 0.2) is 0 Å². The number of carbonyl (C=O) groups is 2. The maximum Gasteiger partial charge on any atom is 0.511 e. The monoisotopic (exact) mass is 515 g/mol. The molecule has 0 radical (unpaired) electrons. The Morgan fingerprint density at radius 3 is 2.54 bits per heavy atom. The van der Waals surface area contributed by atoms with Crippen LogP contribution in [0.5, 0.6) is 5.75 Å². The lowest BCUT2D eigenvalue weighted by atomic mass is 10.0. The van der Waals surface area contributed by atoms with Gasteiger partial charge in [0, 0.05) is 19.2 Å². The Bertz CT molecular complexity index is 1570. The zero-order valence-corrected chi connectivity index (χ0v) is 19.4. The molecule has 3 aromatic rings. The average molecular weight is 515 g/mol. The Morgan fingerprint density at radius 2 is 1.84 bits per heavy atom. The maximum absolute atomic E-state index is 13.6. The molecule has 0 unspecified atom stereocenters. The van der Waals surface area contributed by atoms with E-state index >= 15 is 0 Å². The molecule has 192 valence electrons. The van der Waals surface area contributed by atoms with Crippen molar-refractivity contribution in [3.63, 3.8) is 0 Å². The van der Waals surface area contributed by atoms with Crippen LogP contribution in [0.3, 0.4) is 0 Å². The van der Waals surface area contributed by atoms with Gasteiger partial charge >= 0.3 is 18.0 Å². The van der Waals surface area contributed by atoms with E-state index in [1.54, 1.807) is 19.2 Å². The Kier molecular flexibility index (Phi) is 5.69. The lowest BCUT2D eigenvalue weighted by Gasteiger charge is -2.26. The molecule has 0 saturated carbocycles. The molecular weight excluding hydrogens is 495 g/mol. The molecule has 12 heteroatoms. The molecule has 0 fully saturated rings. The molecule has 1 amide bonds. The van der Waals surface area contributed by atoms with E-state index in [9.17, 15) is 32.3 Å². The van der Waals surface area contributed by atoms with Gasteiger partial charge in [-0.2, -0.15) is 13.2 Å². The van der Waals surface area contributed by atoms with Crippen LogP contribution in [0, 0.1) is 0 Å². The van der Waals surface area contributed by atoms with Crippen LogP contribution in [0.15, 0.2) is 52.2 Å². The third-order valence-electron chi connectivity index (χ3n) is 6.83. The zero-order valence-electron chi connectivity index (χ0n) is 19.4. The molecule has 37 heavy (non-hydrogen) atoms. The van der Waals surface area contributed by atoms with Crippen molar-refractivity contribution >= 4 is 17.7 Å². The second kappa shape index (κ2) is 8.64. The Morgan fingerprint density at radius 1 is 1.08 bits per heavy atom. The van der Waals surface area contributed by atoms with E-state index in [-0.39, 0.29) is 42.0 Å². The SMILES string of the molecule is CN1C(=O)CCc2cc(-n3cc(OC(=O)O)c(=O)n([C@@H]4CCc5c4cccc5C(F)(F)F)c3=O)ccc21. The highest BCUT2D eigenvalue weighted by molar-refractivity contribution is 5.96. The van der Waals surface area contributed by atoms with Crippen molar-refractivity contribution in [2.24, 2.45) is 0 Å². The van der Waals surface area contributed by atoms with Gasteiger partial charge in [-0.3, -0.25) is 14.2 Å². The van der Waals surface area contributed by atoms with Crippen LogP contribution in [0.4, 0.5) is 23.7 Å². The number of halogens is 3. The van der Waals surface area contributed by atoms with Gasteiger partial charge in [0.2, 0.25) is 11.7 Å².